The molecule has 20 heavy (non-hydrogen) atoms. The molecule has 0 amide bonds. The van der Waals surface area contributed by atoms with Crippen molar-refractivity contribution in [3.63, 3.8) is 0 Å². The maximum atomic E-state index is 13.7. The van der Waals surface area contributed by atoms with Crippen molar-refractivity contribution in [2.75, 3.05) is 0 Å². The summed E-state index contributed by atoms with van der Waals surface area (Å²) in [5, 5.41) is 21.6. The number of aromatic nitrogens is 2. The molecular formula is C13H11ClFN3O2. The Kier molecular flexibility index (Phi) is 4.66. The summed E-state index contributed by atoms with van der Waals surface area (Å²) in [6, 6.07) is 6.52. The fraction of sp³-hybridized carbons (Fsp3) is 0.308. The van der Waals surface area contributed by atoms with Crippen molar-refractivity contribution in [2.45, 2.75) is 25.4 Å². The average Bonchev–Trinajstić information content (AvgIpc) is 2.82. The number of hydrogen-bond acceptors (Lipinski definition) is 5. The first-order valence-electron chi connectivity index (χ1n) is 5.89. The Morgan fingerprint density at radius 3 is 3.05 bits per heavy atom. The second kappa shape index (κ2) is 6.46. The van der Waals surface area contributed by atoms with E-state index in [4.69, 9.17) is 21.4 Å². The number of rotatable bonds is 5. The normalized spacial score (nSPS) is 12.1. The van der Waals surface area contributed by atoms with Crippen LogP contribution in [0.3, 0.4) is 0 Å². The maximum absolute atomic E-state index is 13.7. The van der Waals surface area contributed by atoms with Crippen LogP contribution in [0.4, 0.5) is 4.39 Å². The molecule has 1 N–H and O–H groups in total. The molecule has 2 aromatic rings. The van der Waals surface area contributed by atoms with Crippen LogP contribution in [0.25, 0.3) is 0 Å². The van der Waals surface area contributed by atoms with Gasteiger partial charge in [-0.25, -0.2) is 4.39 Å². The molecular weight excluding hydrogens is 285 g/mol. The third kappa shape index (κ3) is 3.53. The van der Waals surface area contributed by atoms with Gasteiger partial charge >= 0.3 is 0 Å². The predicted octanol–water partition coefficient (Wildman–Crippen LogP) is 2.27. The van der Waals surface area contributed by atoms with Gasteiger partial charge in [-0.1, -0.05) is 28.9 Å². The van der Waals surface area contributed by atoms with Crippen LogP contribution in [-0.4, -0.2) is 21.4 Å². The average molecular weight is 296 g/mol. The van der Waals surface area contributed by atoms with E-state index < -0.39 is 11.9 Å². The van der Waals surface area contributed by atoms with Crippen LogP contribution in [0.2, 0.25) is 5.02 Å². The fourth-order valence-electron chi connectivity index (χ4n) is 1.68. The van der Waals surface area contributed by atoms with Crippen molar-refractivity contribution in [3.8, 4) is 6.07 Å². The summed E-state index contributed by atoms with van der Waals surface area (Å²) >= 11 is 5.69. The second-order valence-electron chi connectivity index (χ2n) is 4.21. The van der Waals surface area contributed by atoms with Crippen LogP contribution in [0.1, 0.15) is 23.7 Å². The predicted molar refractivity (Wildman–Crippen MR) is 68.5 cm³/mol. The summed E-state index contributed by atoms with van der Waals surface area (Å²) in [4.78, 5) is 4.04. The molecule has 0 saturated carbocycles. The molecule has 0 fully saturated rings. The number of nitrogens with zero attached hydrogens (tertiary/aromatic N) is 3. The number of halogens is 2. The molecule has 0 radical (unpaired) electrons. The zero-order valence-electron chi connectivity index (χ0n) is 10.4. The van der Waals surface area contributed by atoms with E-state index in [1.165, 1.54) is 6.07 Å². The van der Waals surface area contributed by atoms with Gasteiger partial charge in [0.1, 0.15) is 5.82 Å². The summed E-state index contributed by atoms with van der Waals surface area (Å²) in [5.41, 5.74) is 0.363. The molecule has 0 aliphatic carbocycles. The third-order valence-electron chi connectivity index (χ3n) is 2.63. The number of aliphatic hydroxyl groups is 1. The van der Waals surface area contributed by atoms with E-state index in [1.807, 2.05) is 6.07 Å². The van der Waals surface area contributed by atoms with Crippen molar-refractivity contribution < 1.29 is 14.0 Å². The number of aliphatic hydroxyl groups excluding tert-OH is 1. The molecule has 0 aliphatic heterocycles. The highest BCUT2D eigenvalue weighted by atomic mass is 35.5. The van der Waals surface area contributed by atoms with Crippen molar-refractivity contribution in [3.05, 3.63) is 46.3 Å². The van der Waals surface area contributed by atoms with E-state index in [0.29, 0.717) is 11.4 Å². The van der Waals surface area contributed by atoms with Crippen molar-refractivity contribution in [1.29, 1.82) is 5.26 Å². The molecule has 0 bridgehead atoms. The Labute approximate surface area is 119 Å². The first-order chi connectivity index (χ1) is 9.60. The van der Waals surface area contributed by atoms with Gasteiger partial charge < -0.3 is 9.63 Å². The zero-order valence-corrected chi connectivity index (χ0v) is 11.1. The monoisotopic (exact) mass is 295 g/mol. The molecule has 7 heteroatoms. The number of nitriles is 1. The summed E-state index contributed by atoms with van der Waals surface area (Å²) < 4.78 is 18.6. The standard InChI is InChI=1S/C13H11ClFN3O2/c14-10-3-1-2-8(13(10)15)6-11-17-12(20-18-11)7-9(19)4-5-16/h1-3,9,19H,4,6-7H2. The highest BCUT2D eigenvalue weighted by Gasteiger charge is 2.14. The van der Waals surface area contributed by atoms with E-state index in [-0.39, 0.29) is 30.2 Å². The molecule has 0 aliphatic rings. The van der Waals surface area contributed by atoms with Crippen LogP contribution >= 0.6 is 11.6 Å². The van der Waals surface area contributed by atoms with Gasteiger partial charge in [0.05, 0.1) is 30.0 Å². The van der Waals surface area contributed by atoms with Gasteiger partial charge in [-0.2, -0.15) is 10.2 Å². The highest BCUT2D eigenvalue weighted by molar-refractivity contribution is 6.30. The largest absolute Gasteiger partial charge is 0.392 e. The zero-order chi connectivity index (χ0) is 14.5. The summed E-state index contributed by atoms with van der Waals surface area (Å²) in [7, 11) is 0. The summed E-state index contributed by atoms with van der Waals surface area (Å²) in [5.74, 6) is 0.000502. The van der Waals surface area contributed by atoms with Gasteiger partial charge in [-0.3, -0.25) is 0 Å². The van der Waals surface area contributed by atoms with Crippen LogP contribution in [0.5, 0.6) is 0 Å². The summed E-state index contributed by atoms with van der Waals surface area (Å²) in [6.07, 6.45) is -0.625. The van der Waals surface area contributed by atoms with Gasteiger partial charge in [0, 0.05) is 6.42 Å². The fourth-order valence-corrected chi connectivity index (χ4v) is 1.87. The lowest BCUT2D eigenvalue weighted by atomic mass is 10.1. The van der Waals surface area contributed by atoms with Gasteiger partial charge in [-0.15, -0.1) is 0 Å². The smallest absolute Gasteiger partial charge is 0.229 e. The quantitative estimate of drug-likeness (QED) is 0.915. The minimum absolute atomic E-state index is 0.0133. The molecule has 104 valence electrons. The van der Waals surface area contributed by atoms with Crippen molar-refractivity contribution >= 4 is 11.6 Å². The molecule has 0 spiro atoms. The van der Waals surface area contributed by atoms with Crippen molar-refractivity contribution in [1.82, 2.24) is 10.1 Å². The number of hydrogen-bond donors (Lipinski definition) is 1. The lowest BCUT2D eigenvalue weighted by molar-refractivity contribution is 0.167. The lowest BCUT2D eigenvalue weighted by Crippen LogP contribution is -2.09. The maximum Gasteiger partial charge on any atom is 0.229 e. The van der Waals surface area contributed by atoms with Gasteiger partial charge in [0.15, 0.2) is 5.82 Å². The Bertz CT molecular complexity index is 639. The molecule has 1 aromatic carbocycles. The SMILES string of the molecule is N#CCC(O)Cc1nc(Cc2cccc(Cl)c2F)no1. The van der Waals surface area contributed by atoms with Crippen LogP contribution in [0, 0.1) is 17.1 Å². The minimum Gasteiger partial charge on any atom is -0.392 e. The molecule has 1 unspecified atom stereocenters. The van der Waals surface area contributed by atoms with E-state index in [1.54, 1.807) is 12.1 Å². The van der Waals surface area contributed by atoms with Gasteiger partial charge in [-0.05, 0) is 11.6 Å². The Morgan fingerprint density at radius 2 is 2.30 bits per heavy atom. The topological polar surface area (TPSA) is 82.9 Å². The summed E-state index contributed by atoms with van der Waals surface area (Å²) in [6.45, 7) is 0. The molecule has 0 saturated heterocycles. The second-order valence-corrected chi connectivity index (χ2v) is 4.62. The first-order valence-corrected chi connectivity index (χ1v) is 6.27. The Balaban J connectivity index is 2.06. The Hall–Kier alpha value is -1.97. The van der Waals surface area contributed by atoms with E-state index in [9.17, 15) is 9.50 Å². The van der Waals surface area contributed by atoms with Crippen LogP contribution in [-0.2, 0) is 12.8 Å². The molecule has 5 nitrogen and oxygen atoms in total. The Morgan fingerprint density at radius 1 is 1.50 bits per heavy atom. The molecule has 1 atom stereocenters. The molecule has 1 aromatic heterocycles. The van der Waals surface area contributed by atoms with Crippen LogP contribution < -0.4 is 0 Å². The van der Waals surface area contributed by atoms with E-state index in [2.05, 4.69) is 10.1 Å². The molecule has 2 rings (SSSR count). The van der Waals surface area contributed by atoms with Gasteiger partial charge in [0.25, 0.3) is 0 Å². The van der Waals surface area contributed by atoms with Crippen molar-refractivity contribution in [2.24, 2.45) is 0 Å². The molecule has 1 heterocycles. The van der Waals surface area contributed by atoms with E-state index in [0.717, 1.165) is 0 Å². The highest BCUT2D eigenvalue weighted by Crippen LogP contribution is 2.19. The van der Waals surface area contributed by atoms with Gasteiger partial charge in [0.2, 0.25) is 5.89 Å². The lowest BCUT2D eigenvalue weighted by Gasteiger charge is -2.01. The van der Waals surface area contributed by atoms with E-state index >= 15 is 0 Å². The van der Waals surface area contributed by atoms with Crippen LogP contribution in [0.15, 0.2) is 22.7 Å². The first kappa shape index (κ1) is 14.4. The minimum atomic E-state index is -0.851. The number of benzene rings is 1. The third-order valence-corrected chi connectivity index (χ3v) is 2.92.